The number of rotatable bonds is 8. The van der Waals surface area contributed by atoms with Crippen LogP contribution in [0.25, 0.3) is 0 Å². The highest BCUT2D eigenvalue weighted by Gasteiger charge is 2.31. The normalized spacial score (nSPS) is 11.5. The summed E-state index contributed by atoms with van der Waals surface area (Å²) in [6, 6.07) is 23.5. The quantitative estimate of drug-likeness (QED) is 0.586. The summed E-state index contributed by atoms with van der Waals surface area (Å²) in [5.74, 6) is -1.04. The van der Waals surface area contributed by atoms with E-state index in [4.69, 9.17) is 4.74 Å². The maximum atomic E-state index is 12.9. The second kappa shape index (κ2) is 10.1. The van der Waals surface area contributed by atoms with Crippen molar-refractivity contribution < 1.29 is 24.5 Å². The molecule has 0 aliphatic carbocycles. The van der Waals surface area contributed by atoms with Crippen molar-refractivity contribution in [3.8, 4) is 5.75 Å². The largest absolute Gasteiger partial charge is 0.508 e. The molecule has 154 valence electrons. The highest BCUT2D eigenvalue weighted by molar-refractivity contribution is 5.80. The number of aromatic hydroxyl groups is 1. The topological polar surface area (TPSA) is 87.1 Å². The fourth-order valence-electron chi connectivity index (χ4n) is 3.07. The lowest BCUT2D eigenvalue weighted by Crippen LogP contribution is -2.46. The van der Waals surface area contributed by atoms with Gasteiger partial charge in [-0.05, 0) is 28.8 Å². The van der Waals surface area contributed by atoms with Gasteiger partial charge >= 0.3 is 12.1 Å². The van der Waals surface area contributed by atoms with Crippen molar-refractivity contribution >= 4 is 12.1 Å². The lowest BCUT2D eigenvalue weighted by Gasteiger charge is -2.28. The first-order chi connectivity index (χ1) is 14.5. The number of carboxylic acids is 1. The van der Waals surface area contributed by atoms with Gasteiger partial charge < -0.3 is 14.9 Å². The Morgan fingerprint density at radius 3 is 1.93 bits per heavy atom. The van der Waals surface area contributed by atoms with Crippen LogP contribution < -0.4 is 0 Å². The zero-order valence-corrected chi connectivity index (χ0v) is 16.3. The third kappa shape index (κ3) is 5.85. The van der Waals surface area contributed by atoms with Crippen LogP contribution in [-0.2, 0) is 29.1 Å². The van der Waals surface area contributed by atoms with E-state index in [1.165, 1.54) is 17.0 Å². The molecule has 0 saturated heterocycles. The van der Waals surface area contributed by atoms with E-state index < -0.39 is 18.1 Å². The van der Waals surface area contributed by atoms with Gasteiger partial charge in [0.25, 0.3) is 0 Å². The summed E-state index contributed by atoms with van der Waals surface area (Å²) in [6.45, 7) is 0.153. The van der Waals surface area contributed by atoms with Gasteiger partial charge in [0.05, 0.1) is 0 Å². The van der Waals surface area contributed by atoms with E-state index in [0.29, 0.717) is 5.56 Å². The molecule has 0 spiro atoms. The zero-order chi connectivity index (χ0) is 21.3. The zero-order valence-electron chi connectivity index (χ0n) is 16.3. The second-order valence-corrected chi connectivity index (χ2v) is 6.88. The summed E-state index contributed by atoms with van der Waals surface area (Å²) in [7, 11) is 0. The molecule has 0 unspecified atom stereocenters. The minimum Gasteiger partial charge on any atom is -0.508 e. The molecular weight excluding hydrogens is 382 g/mol. The summed E-state index contributed by atoms with van der Waals surface area (Å²) >= 11 is 0. The predicted octanol–water partition coefficient (Wildman–Crippen LogP) is 4.23. The third-order valence-corrected chi connectivity index (χ3v) is 4.66. The Labute approximate surface area is 175 Å². The molecule has 3 aromatic rings. The lowest BCUT2D eigenvalue weighted by atomic mass is 10.0. The van der Waals surface area contributed by atoms with Crippen molar-refractivity contribution in [2.45, 2.75) is 25.6 Å². The van der Waals surface area contributed by atoms with Crippen LogP contribution in [0.2, 0.25) is 0 Å². The molecule has 6 heteroatoms. The van der Waals surface area contributed by atoms with Crippen molar-refractivity contribution in [2.75, 3.05) is 0 Å². The van der Waals surface area contributed by atoms with Crippen LogP contribution in [0.3, 0.4) is 0 Å². The number of hydrogen-bond donors (Lipinski definition) is 2. The predicted molar refractivity (Wildman–Crippen MR) is 112 cm³/mol. The Morgan fingerprint density at radius 1 is 0.800 bits per heavy atom. The molecule has 0 radical (unpaired) electrons. The number of amides is 1. The summed E-state index contributed by atoms with van der Waals surface area (Å²) in [5.41, 5.74) is 2.30. The minimum atomic E-state index is -1.13. The van der Waals surface area contributed by atoms with Crippen LogP contribution in [0.4, 0.5) is 4.79 Å². The number of benzene rings is 3. The molecule has 30 heavy (non-hydrogen) atoms. The first kappa shape index (κ1) is 20.9. The van der Waals surface area contributed by atoms with E-state index in [2.05, 4.69) is 0 Å². The molecule has 3 aromatic carbocycles. The molecule has 0 bridgehead atoms. The number of carbonyl (C=O) groups is 2. The number of carboxylic acid groups (broad SMARTS) is 1. The van der Waals surface area contributed by atoms with Crippen molar-refractivity contribution in [3.63, 3.8) is 0 Å². The van der Waals surface area contributed by atoms with Crippen LogP contribution in [0, 0.1) is 0 Å². The van der Waals surface area contributed by atoms with Crippen LogP contribution in [0.1, 0.15) is 16.7 Å². The molecular formula is C24H23NO5. The number of aliphatic carboxylic acids is 1. The Balaban J connectivity index is 1.82. The smallest absolute Gasteiger partial charge is 0.411 e. The number of phenolic OH excluding ortho intramolecular Hbond substituents is 1. The fourth-order valence-corrected chi connectivity index (χ4v) is 3.07. The van der Waals surface area contributed by atoms with Crippen LogP contribution in [0.5, 0.6) is 5.75 Å². The van der Waals surface area contributed by atoms with Gasteiger partial charge in [0, 0.05) is 13.0 Å². The SMILES string of the molecule is O=C(O)[C@H](Cc1ccc(O)cc1)N(Cc1ccccc1)C(=O)OCc1ccccc1. The van der Waals surface area contributed by atoms with E-state index >= 15 is 0 Å². The maximum absolute atomic E-state index is 12.9. The van der Waals surface area contributed by atoms with Crippen molar-refractivity contribution in [3.05, 3.63) is 102 Å². The van der Waals surface area contributed by atoms with Gasteiger partial charge in [-0.15, -0.1) is 0 Å². The van der Waals surface area contributed by atoms with Gasteiger partial charge in [-0.25, -0.2) is 9.59 Å². The molecule has 1 amide bonds. The van der Waals surface area contributed by atoms with Gasteiger partial charge in [0.15, 0.2) is 0 Å². The molecule has 0 saturated carbocycles. The molecule has 1 atom stereocenters. The number of ether oxygens (including phenoxy) is 1. The number of nitrogens with zero attached hydrogens (tertiary/aromatic N) is 1. The summed E-state index contributed by atoms with van der Waals surface area (Å²) in [5, 5.41) is 19.3. The van der Waals surface area contributed by atoms with Crippen LogP contribution >= 0.6 is 0 Å². The molecule has 0 aliphatic heterocycles. The summed E-state index contributed by atoms with van der Waals surface area (Å²) in [6.07, 6.45) is -0.614. The van der Waals surface area contributed by atoms with Crippen molar-refractivity contribution in [1.82, 2.24) is 4.90 Å². The van der Waals surface area contributed by atoms with E-state index in [0.717, 1.165) is 11.1 Å². The lowest BCUT2D eigenvalue weighted by molar-refractivity contribution is -0.143. The molecule has 0 fully saturated rings. The highest BCUT2D eigenvalue weighted by Crippen LogP contribution is 2.18. The van der Waals surface area contributed by atoms with Gasteiger partial charge in [0.1, 0.15) is 18.4 Å². The first-order valence-electron chi connectivity index (χ1n) is 9.55. The Bertz CT molecular complexity index is 958. The van der Waals surface area contributed by atoms with E-state index in [1.54, 1.807) is 12.1 Å². The van der Waals surface area contributed by atoms with Crippen LogP contribution in [-0.4, -0.2) is 33.2 Å². The number of carbonyl (C=O) groups excluding carboxylic acids is 1. The Hall–Kier alpha value is -3.80. The van der Waals surface area contributed by atoms with E-state index in [-0.39, 0.29) is 25.3 Å². The summed E-state index contributed by atoms with van der Waals surface area (Å²) in [4.78, 5) is 26.2. The van der Waals surface area contributed by atoms with Gasteiger partial charge in [-0.1, -0.05) is 72.8 Å². The minimum absolute atomic E-state index is 0.0521. The molecule has 0 aromatic heterocycles. The Kier molecular flexibility index (Phi) is 7.05. The Morgan fingerprint density at radius 2 is 1.37 bits per heavy atom. The molecule has 0 heterocycles. The monoisotopic (exact) mass is 405 g/mol. The summed E-state index contributed by atoms with van der Waals surface area (Å²) < 4.78 is 5.43. The van der Waals surface area contributed by atoms with E-state index in [1.807, 2.05) is 60.7 Å². The second-order valence-electron chi connectivity index (χ2n) is 6.88. The van der Waals surface area contributed by atoms with Gasteiger partial charge in [-0.3, -0.25) is 4.90 Å². The maximum Gasteiger partial charge on any atom is 0.411 e. The number of phenols is 1. The van der Waals surface area contributed by atoms with Crippen molar-refractivity contribution in [1.29, 1.82) is 0 Å². The molecule has 3 rings (SSSR count). The average molecular weight is 405 g/mol. The first-order valence-corrected chi connectivity index (χ1v) is 9.55. The fraction of sp³-hybridized carbons (Fsp3) is 0.167. The molecule has 6 nitrogen and oxygen atoms in total. The van der Waals surface area contributed by atoms with Crippen molar-refractivity contribution in [2.24, 2.45) is 0 Å². The van der Waals surface area contributed by atoms with Gasteiger partial charge in [0.2, 0.25) is 0 Å². The van der Waals surface area contributed by atoms with Crippen LogP contribution in [0.15, 0.2) is 84.9 Å². The third-order valence-electron chi connectivity index (χ3n) is 4.66. The molecule has 2 N–H and O–H groups in total. The van der Waals surface area contributed by atoms with E-state index in [9.17, 15) is 19.8 Å². The highest BCUT2D eigenvalue weighted by atomic mass is 16.6. The van der Waals surface area contributed by atoms with Gasteiger partial charge in [-0.2, -0.15) is 0 Å². The average Bonchev–Trinajstić information content (AvgIpc) is 2.77. The molecule has 0 aliphatic rings. The standard InChI is InChI=1S/C24H23NO5/c26-21-13-11-18(12-14-21)15-22(23(27)28)25(16-19-7-3-1-4-8-19)24(29)30-17-20-9-5-2-6-10-20/h1-14,22,26H,15-17H2,(H,27,28)/t22-/m0/s1. The number of hydrogen-bond acceptors (Lipinski definition) is 4.